The molecule has 3 heteroatoms. The monoisotopic (exact) mass is 296 g/mol. The third kappa shape index (κ3) is 3.94. The molecule has 1 aromatic carbocycles. The van der Waals surface area contributed by atoms with Crippen molar-refractivity contribution in [3.8, 4) is 0 Å². The molecule has 2 rings (SSSR count). The lowest BCUT2D eigenvalue weighted by molar-refractivity contribution is -0.121. The summed E-state index contributed by atoms with van der Waals surface area (Å²) in [6, 6.07) is 14.0. The van der Waals surface area contributed by atoms with E-state index in [0.717, 1.165) is 17.7 Å². The highest BCUT2D eigenvalue weighted by Crippen LogP contribution is 2.25. The van der Waals surface area contributed by atoms with Gasteiger partial charge in [-0.05, 0) is 35.6 Å². The number of benzene rings is 1. The molecule has 1 heterocycles. The lowest BCUT2D eigenvalue weighted by Crippen LogP contribution is -2.31. The Balaban J connectivity index is 2.33. The van der Waals surface area contributed by atoms with Crippen molar-refractivity contribution in [3.63, 3.8) is 0 Å². The zero-order valence-corrected chi connectivity index (χ0v) is 13.5. The topological polar surface area (TPSA) is 42.0 Å². The molecule has 22 heavy (non-hydrogen) atoms. The van der Waals surface area contributed by atoms with Crippen molar-refractivity contribution in [1.82, 2.24) is 10.3 Å². The van der Waals surface area contributed by atoms with Gasteiger partial charge in [0.05, 0.1) is 5.69 Å². The Morgan fingerprint density at radius 3 is 2.32 bits per heavy atom. The first-order chi connectivity index (χ1) is 10.6. The number of hydrogen-bond donors (Lipinski definition) is 1. The fourth-order valence-electron chi connectivity index (χ4n) is 2.43. The van der Waals surface area contributed by atoms with Crippen LogP contribution in [0.1, 0.15) is 55.8 Å². The zero-order chi connectivity index (χ0) is 15.9. The summed E-state index contributed by atoms with van der Waals surface area (Å²) in [6.07, 6.45) is 2.66. The third-order valence-electron chi connectivity index (χ3n) is 3.73. The molecule has 0 spiro atoms. The minimum absolute atomic E-state index is 0.0119. The molecule has 0 bridgehead atoms. The van der Waals surface area contributed by atoms with Gasteiger partial charge in [-0.15, -0.1) is 0 Å². The van der Waals surface area contributed by atoms with Gasteiger partial charge in [0.15, 0.2) is 0 Å². The maximum absolute atomic E-state index is 12.6. The van der Waals surface area contributed by atoms with Crippen LogP contribution in [0.3, 0.4) is 0 Å². The van der Waals surface area contributed by atoms with Crippen molar-refractivity contribution in [2.45, 2.75) is 39.0 Å². The lowest BCUT2D eigenvalue weighted by atomic mass is 9.91. The van der Waals surface area contributed by atoms with Crippen molar-refractivity contribution in [2.24, 2.45) is 0 Å². The normalized spacial score (nSPS) is 12.2. The summed E-state index contributed by atoms with van der Waals surface area (Å²) in [5.74, 6) is 0.142. The average Bonchev–Trinajstić information content (AvgIpc) is 2.54. The van der Waals surface area contributed by atoms with Gasteiger partial charge in [-0.1, -0.05) is 51.1 Å². The molecule has 1 N–H and O–H groups in total. The van der Waals surface area contributed by atoms with Crippen LogP contribution in [0.4, 0.5) is 0 Å². The van der Waals surface area contributed by atoms with Crippen molar-refractivity contribution in [3.05, 3.63) is 65.5 Å². The standard InChI is InChI=1S/C19H24N2O/c1-4-12-21-19(22)18(17-7-5-6-13-20-17)16-10-8-15(9-11-16)14(2)3/h5-11,13-14,18H,4,12H2,1-3H3,(H,21,22). The molecule has 1 aromatic heterocycles. The first kappa shape index (κ1) is 16.2. The van der Waals surface area contributed by atoms with Gasteiger partial charge >= 0.3 is 0 Å². The second kappa shape index (κ2) is 7.74. The van der Waals surface area contributed by atoms with E-state index in [1.807, 2.05) is 37.3 Å². The molecule has 116 valence electrons. The van der Waals surface area contributed by atoms with Crippen LogP contribution in [-0.4, -0.2) is 17.4 Å². The first-order valence-electron chi connectivity index (χ1n) is 7.92. The largest absolute Gasteiger partial charge is 0.355 e. The number of nitrogens with zero attached hydrogens (tertiary/aromatic N) is 1. The Hall–Kier alpha value is -2.16. The van der Waals surface area contributed by atoms with E-state index >= 15 is 0 Å². The average molecular weight is 296 g/mol. The molecule has 0 aliphatic heterocycles. The molecule has 1 unspecified atom stereocenters. The fourth-order valence-corrected chi connectivity index (χ4v) is 2.43. The van der Waals surface area contributed by atoms with E-state index < -0.39 is 0 Å². The number of carbonyl (C=O) groups excluding carboxylic acids is 1. The number of pyridine rings is 1. The summed E-state index contributed by atoms with van der Waals surface area (Å²) in [5.41, 5.74) is 3.04. The number of aromatic nitrogens is 1. The van der Waals surface area contributed by atoms with E-state index in [-0.39, 0.29) is 11.8 Å². The highest BCUT2D eigenvalue weighted by molar-refractivity contribution is 5.86. The third-order valence-corrected chi connectivity index (χ3v) is 3.73. The molecule has 0 saturated heterocycles. The second-order valence-corrected chi connectivity index (χ2v) is 5.80. The Bertz CT molecular complexity index is 591. The molecule has 0 saturated carbocycles. The van der Waals surface area contributed by atoms with E-state index in [0.29, 0.717) is 12.5 Å². The van der Waals surface area contributed by atoms with Gasteiger partial charge in [0.25, 0.3) is 0 Å². The maximum Gasteiger partial charge on any atom is 0.233 e. The number of rotatable bonds is 6. The van der Waals surface area contributed by atoms with Gasteiger partial charge < -0.3 is 5.32 Å². The van der Waals surface area contributed by atoms with Crippen molar-refractivity contribution in [2.75, 3.05) is 6.54 Å². The lowest BCUT2D eigenvalue weighted by Gasteiger charge is -2.17. The molecule has 3 nitrogen and oxygen atoms in total. The molecule has 0 aliphatic carbocycles. The molecule has 0 radical (unpaired) electrons. The van der Waals surface area contributed by atoms with E-state index in [4.69, 9.17) is 0 Å². The van der Waals surface area contributed by atoms with E-state index in [9.17, 15) is 4.79 Å². The summed E-state index contributed by atoms with van der Waals surface area (Å²) in [7, 11) is 0. The van der Waals surface area contributed by atoms with Crippen LogP contribution < -0.4 is 5.32 Å². The van der Waals surface area contributed by atoms with Crippen LogP contribution in [-0.2, 0) is 4.79 Å². The van der Waals surface area contributed by atoms with E-state index in [2.05, 4.69) is 36.3 Å². The Kier molecular flexibility index (Phi) is 5.70. The van der Waals surface area contributed by atoms with Crippen molar-refractivity contribution >= 4 is 5.91 Å². The summed E-state index contributed by atoms with van der Waals surface area (Å²) in [6.45, 7) is 7.07. The Morgan fingerprint density at radius 1 is 1.09 bits per heavy atom. The summed E-state index contributed by atoms with van der Waals surface area (Å²) in [4.78, 5) is 17.0. The number of amides is 1. The summed E-state index contributed by atoms with van der Waals surface area (Å²) >= 11 is 0. The maximum atomic E-state index is 12.6. The molecule has 0 fully saturated rings. The minimum atomic E-state index is -0.353. The summed E-state index contributed by atoms with van der Waals surface area (Å²) < 4.78 is 0. The molecular formula is C19H24N2O. The predicted octanol–water partition coefficient (Wildman–Crippen LogP) is 3.86. The smallest absolute Gasteiger partial charge is 0.233 e. The molecule has 1 atom stereocenters. The van der Waals surface area contributed by atoms with Crippen molar-refractivity contribution in [1.29, 1.82) is 0 Å². The van der Waals surface area contributed by atoms with Crippen LogP contribution >= 0.6 is 0 Å². The van der Waals surface area contributed by atoms with Gasteiger partial charge in [0.2, 0.25) is 5.91 Å². The Labute approximate surface area is 132 Å². The quantitative estimate of drug-likeness (QED) is 0.879. The van der Waals surface area contributed by atoms with Crippen LogP contribution in [0, 0.1) is 0 Å². The van der Waals surface area contributed by atoms with Crippen LogP contribution in [0.25, 0.3) is 0 Å². The molecular weight excluding hydrogens is 272 g/mol. The van der Waals surface area contributed by atoms with Crippen LogP contribution in [0.15, 0.2) is 48.7 Å². The second-order valence-electron chi connectivity index (χ2n) is 5.80. The number of hydrogen-bond acceptors (Lipinski definition) is 2. The van der Waals surface area contributed by atoms with Gasteiger partial charge in [-0.3, -0.25) is 9.78 Å². The highest BCUT2D eigenvalue weighted by Gasteiger charge is 2.23. The van der Waals surface area contributed by atoms with E-state index in [1.54, 1.807) is 6.20 Å². The zero-order valence-electron chi connectivity index (χ0n) is 13.5. The molecule has 1 amide bonds. The summed E-state index contributed by atoms with van der Waals surface area (Å²) in [5, 5.41) is 2.99. The number of carbonyl (C=O) groups is 1. The Morgan fingerprint density at radius 2 is 1.77 bits per heavy atom. The minimum Gasteiger partial charge on any atom is -0.355 e. The SMILES string of the molecule is CCCNC(=O)C(c1ccc(C(C)C)cc1)c1ccccn1. The van der Waals surface area contributed by atoms with E-state index in [1.165, 1.54) is 5.56 Å². The predicted molar refractivity (Wildman–Crippen MR) is 89.9 cm³/mol. The molecule has 2 aromatic rings. The van der Waals surface area contributed by atoms with Crippen LogP contribution in [0.5, 0.6) is 0 Å². The first-order valence-corrected chi connectivity index (χ1v) is 7.92. The molecule has 0 aliphatic rings. The highest BCUT2D eigenvalue weighted by atomic mass is 16.1. The van der Waals surface area contributed by atoms with Crippen LogP contribution in [0.2, 0.25) is 0 Å². The van der Waals surface area contributed by atoms with Gasteiger partial charge in [0, 0.05) is 12.7 Å². The van der Waals surface area contributed by atoms with Gasteiger partial charge in [0.1, 0.15) is 5.92 Å². The van der Waals surface area contributed by atoms with Gasteiger partial charge in [-0.25, -0.2) is 0 Å². The van der Waals surface area contributed by atoms with Crippen molar-refractivity contribution < 1.29 is 4.79 Å². The fraction of sp³-hybridized carbons (Fsp3) is 0.368. The number of nitrogens with one attached hydrogen (secondary N) is 1. The van der Waals surface area contributed by atoms with Gasteiger partial charge in [-0.2, -0.15) is 0 Å².